The molecule has 10 heteroatoms. The van der Waals surface area contributed by atoms with E-state index in [1.54, 1.807) is 7.11 Å². The van der Waals surface area contributed by atoms with Crippen LogP contribution < -0.4 is 10.1 Å². The van der Waals surface area contributed by atoms with Crippen LogP contribution in [0.1, 0.15) is 37.9 Å². The molecule has 0 unspecified atom stereocenters. The molecule has 2 aromatic heterocycles. The summed E-state index contributed by atoms with van der Waals surface area (Å²) in [4.78, 5) is 10.7. The van der Waals surface area contributed by atoms with Crippen LogP contribution in [0.25, 0.3) is 11.3 Å². The number of benzene rings is 1. The Bertz CT molecular complexity index is 1100. The fraction of sp³-hybridized carbons (Fsp3) is 0.417. The van der Waals surface area contributed by atoms with E-state index in [0.29, 0.717) is 30.4 Å². The SMILES string of the molecule is COc1cc(COC2CCN(C(C)C)CC2)ccc1-c1cc(Nc2cnc(C#N)cn2)n[nH]1.Cl. The molecule has 1 aliphatic heterocycles. The van der Waals surface area contributed by atoms with Crippen LogP contribution in [0.5, 0.6) is 5.75 Å². The van der Waals surface area contributed by atoms with Gasteiger partial charge in [0.2, 0.25) is 0 Å². The molecule has 34 heavy (non-hydrogen) atoms. The molecule has 1 aromatic carbocycles. The molecule has 1 saturated heterocycles. The molecule has 1 aliphatic rings. The van der Waals surface area contributed by atoms with Crippen LogP contribution in [-0.2, 0) is 11.3 Å². The molecule has 0 aliphatic carbocycles. The molecule has 4 rings (SSSR count). The Morgan fingerprint density at radius 2 is 1.97 bits per heavy atom. The summed E-state index contributed by atoms with van der Waals surface area (Å²) in [5, 5.41) is 19.2. The van der Waals surface area contributed by atoms with Gasteiger partial charge in [0.05, 0.1) is 37.9 Å². The Morgan fingerprint density at radius 1 is 1.18 bits per heavy atom. The second-order valence-corrected chi connectivity index (χ2v) is 8.37. The van der Waals surface area contributed by atoms with E-state index in [1.165, 1.54) is 12.4 Å². The summed E-state index contributed by atoms with van der Waals surface area (Å²) in [5.74, 6) is 1.84. The summed E-state index contributed by atoms with van der Waals surface area (Å²) in [5.41, 5.74) is 3.05. The molecular formula is C24H30ClN7O2. The Kier molecular flexibility index (Phi) is 8.82. The van der Waals surface area contributed by atoms with E-state index in [1.807, 2.05) is 24.3 Å². The van der Waals surface area contributed by atoms with Gasteiger partial charge in [-0.3, -0.25) is 5.10 Å². The van der Waals surface area contributed by atoms with E-state index in [0.717, 1.165) is 48.5 Å². The number of nitrogens with one attached hydrogen (secondary N) is 2. The Morgan fingerprint density at radius 3 is 2.62 bits per heavy atom. The maximum Gasteiger partial charge on any atom is 0.158 e. The number of aromatic nitrogens is 4. The number of methoxy groups -OCH3 is 1. The van der Waals surface area contributed by atoms with Crippen LogP contribution in [0.3, 0.4) is 0 Å². The van der Waals surface area contributed by atoms with Crippen molar-refractivity contribution in [3.05, 3.63) is 47.9 Å². The first-order chi connectivity index (χ1) is 16.1. The summed E-state index contributed by atoms with van der Waals surface area (Å²) in [6, 6.07) is 10.5. The number of hydrogen-bond donors (Lipinski definition) is 2. The average molecular weight is 484 g/mol. The van der Waals surface area contributed by atoms with Crippen molar-refractivity contribution in [1.82, 2.24) is 25.1 Å². The lowest BCUT2D eigenvalue weighted by atomic mass is 10.1. The topological polar surface area (TPSA) is 112 Å². The molecule has 3 heterocycles. The Balaban J connectivity index is 0.00000324. The zero-order chi connectivity index (χ0) is 23.2. The molecule has 0 radical (unpaired) electrons. The van der Waals surface area contributed by atoms with Gasteiger partial charge in [-0.2, -0.15) is 10.4 Å². The van der Waals surface area contributed by atoms with Gasteiger partial charge in [0.15, 0.2) is 11.5 Å². The number of hydrogen-bond acceptors (Lipinski definition) is 8. The summed E-state index contributed by atoms with van der Waals surface area (Å²) >= 11 is 0. The van der Waals surface area contributed by atoms with E-state index in [4.69, 9.17) is 14.7 Å². The molecule has 0 amide bonds. The zero-order valence-corrected chi connectivity index (χ0v) is 20.4. The summed E-state index contributed by atoms with van der Waals surface area (Å²) in [6.07, 6.45) is 5.35. The van der Waals surface area contributed by atoms with E-state index in [2.05, 4.69) is 50.3 Å². The number of halogens is 1. The van der Waals surface area contributed by atoms with Crippen molar-refractivity contribution in [2.24, 2.45) is 0 Å². The van der Waals surface area contributed by atoms with Gasteiger partial charge in [0, 0.05) is 30.8 Å². The first-order valence-electron chi connectivity index (χ1n) is 11.1. The van der Waals surface area contributed by atoms with E-state index < -0.39 is 0 Å². The Labute approximate surface area is 205 Å². The fourth-order valence-corrected chi connectivity index (χ4v) is 3.93. The molecule has 2 N–H and O–H groups in total. The van der Waals surface area contributed by atoms with Crippen molar-refractivity contribution >= 4 is 24.0 Å². The second kappa shape index (κ2) is 11.8. The minimum atomic E-state index is 0. The van der Waals surface area contributed by atoms with Gasteiger partial charge in [-0.25, -0.2) is 9.97 Å². The van der Waals surface area contributed by atoms with Crippen LogP contribution in [0.15, 0.2) is 36.7 Å². The van der Waals surface area contributed by atoms with Gasteiger partial charge in [-0.1, -0.05) is 6.07 Å². The van der Waals surface area contributed by atoms with Crippen LogP contribution in [-0.4, -0.2) is 57.4 Å². The number of nitrogens with zero attached hydrogens (tertiary/aromatic N) is 5. The minimum absolute atomic E-state index is 0. The van der Waals surface area contributed by atoms with Crippen LogP contribution in [0.4, 0.5) is 11.6 Å². The third-order valence-corrected chi connectivity index (χ3v) is 5.85. The van der Waals surface area contributed by atoms with Gasteiger partial charge in [0.25, 0.3) is 0 Å². The van der Waals surface area contributed by atoms with Gasteiger partial charge in [-0.15, -0.1) is 12.4 Å². The molecule has 3 aromatic rings. The highest BCUT2D eigenvalue weighted by molar-refractivity contribution is 5.85. The summed E-state index contributed by atoms with van der Waals surface area (Å²) in [7, 11) is 1.66. The maximum absolute atomic E-state index is 8.83. The molecule has 0 spiro atoms. The van der Waals surface area contributed by atoms with Crippen molar-refractivity contribution < 1.29 is 9.47 Å². The number of aromatic amines is 1. The number of likely N-dealkylation sites (tertiary alicyclic amines) is 1. The number of H-pyrrole nitrogens is 1. The van der Waals surface area contributed by atoms with Crippen molar-refractivity contribution in [2.75, 3.05) is 25.5 Å². The number of rotatable bonds is 8. The highest BCUT2D eigenvalue weighted by Gasteiger charge is 2.21. The standard InChI is InChI=1S/C24H29N7O2.ClH/c1-16(2)31-8-6-19(7-9-31)33-15-17-4-5-20(22(10-17)32-3)21-11-23(30-29-21)28-24-14-26-18(12-25)13-27-24;/h4-5,10-11,13-14,16,19H,6-9,15H2,1-3H3,(H2,27,28,29,30);1H. The maximum atomic E-state index is 8.83. The average Bonchev–Trinajstić information content (AvgIpc) is 3.31. The van der Waals surface area contributed by atoms with Gasteiger partial charge < -0.3 is 19.7 Å². The van der Waals surface area contributed by atoms with Crippen LogP contribution in [0, 0.1) is 11.3 Å². The van der Waals surface area contributed by atoms with Crippen molar-refractivity contribution in [3.63, 3.8) is 0 Å². The first-order valence-corrected chi connectivity index (χ1v) is 11.1. The van der Waals surface area contributed by atoms with Crippen molar-refractivity contribution in [3.8, 4) is 23.1 Å². The molecule has 0 bridgehead atoms. The Hall–Kier alpha value is -3.19. The van der Waals surface area contributed by atoms with E-state index in [-0.39, 0.29) is 18.1 Å². The molecule has 9 nitrogen and oxygen atoms in total. The second-order valence-electron chi connectivity index (χ2n) is 8.37. The predicted octanol–water partition coefficient (Wildman–Crippen LogP) is 4.30. The molecule has 180 valence electrons. The lowest BCUT2D eigenvalue weighted by Crippen LogP contribution is -2.40. The normalized spacial score (nSPS) is 14.4. The lowest BCUT2D eigenvalue weighted by molar-refractivity contribution is -0.00806. The third-order valence-electron chi connectivity index (χ3n) is 5.85. The van der Waals surface area contributed by atoms with Crippen molar-refractivity contribution in [2.45, 2.75) is 45.4 Å². The monoisotopic (exact) mass is 483 g/mol. The van der Waals surface area contributed by atoms with Crippen LogP contribution in [0.2, 0.25) is 0 Å². The highest BCUT2D eigenvalue weighted by atomic mass is 35.5. The minimum Gasteiger partial charge on any atom is -0.496 e. The summed E-state index contributed by atoms with van der Waals surface area (Å²) < 4.78 is 11.8. The van der Waals surface area contributed by atoms with E-state index >= 15 is 0 Å². The third kappa shape index (κ3) is 6.23. The number of nitriles is 1. The summed E-state index contributed by atoms with van der Waals surface area (Å²) in [6.45, 7) is 7.24. The zero-order valence-electron chi connectivity index (χ0n) is 19.6. The molecule has 1 fully saturated rings. The quantitative estimate of drug-likeness (QED) is 0.487. The number of anilines is 2. The van der Waals surface area contributed by atoms with Gasteiger partial charge in [0.1, 0.15) is 17.6 Å². The molecule has 0 atom stereocenters. The molecule has 0 saturated carbocycles. The predicted molar refractivity (Wildman–Crippen MR) is 132 cm³/mol. The number of piperidine rings is 1. The molecular weight excluding hydrogens is 454 g/mol. The van der Waals surface area contributed by atoms with Crippen molar-refractivity contribution in [1.29, 1.82) is 5.26 Å². The first kappa shape index (κ1) is 25.4. The highest BCUT2D eigenvalue weighted by Crippen LogP contribution is 2.31. The largest absolute Gasteiger partial charge is 0.496 e. The lowest BCUT2D eigenvalue weighted by Gasteiger charge is -2.34. The fourth-order valence-electron chi connectivity index (χ4n) is 3.93. The van der Waals surface area contributed by atoms with Crippen LogP contribution >= 0.6 is 12.4 Å². The number of ether oxygens (including phenoxy) is 2. The van der Waals surface area contributed by atoms with Gasteiger partial charge >= 0.3 is 0 Å². The van der Waals surface area contributed by atoms with Gasteiger partial charge in [-0.05, 0) is 44.4 Å². The smallest absolute Gasteiger partial charge is 0.158 e. The van der Waals surface area contributed by atoms with E-state index in [9.17, 15) is 0 Å².